The molecule has 132 valence electrons. The highest BCUT2D eigenvalue weighted by Gasteiger charge is 2.35. The Bertz CT molecular complexity index is 837. The molecule has 2 N–H and O–H groups in total. The van der Waals surface area contributed by atoms with Gasteiger partial charge in [0.25, 0.3) is 0 Å². The first-order chi connectivity index (χ1) is 11.6. The molecule has 1 aromatic carbocycles. The number of rotatable bonds is 4. The first-order valence-electron chi connectivity index (χ1n) is 8.26. The Morgan fingerprint density at radius 3 is 2.60 bits per heavy atom. The van der Waals surface area contributed by atoms with E-state index < -0.39 is 5.54 Å². The van der Waals surface area contributed by atoms with Crippen molar-refractivity contribution in [3.05, 3.63) is 52.6 Å². The van der Waals surface area contributed by atoms with E-state index in [1.807, 2.05) is 5.38 Å². The maximum Gasteiger partial charge on any atom is 0.232 e. The van der Waals surface area contributed by atoms with Gasteiger partial charge >= 0.3 is 0 Å². The number of nitrogens with two attached hydrogens (primary N) is 1. The lowest BCUT2D eigenvalue weighted by atomic mass is 9.99. The van der Waals surface area contributed by atoms with Gasteiger partial charge in [0.15, 0.2) is 5.82 Å². The third kappa shape index (κ3) is 3.76. The molecule has 25 heavy (non-hydrogen) atoms. The van der Waals surface area contributed by atoms with Crippen LogP contribution in [-0.2, 0) is 12.0 Å². The molecule has 4 rings (SSSR count). The van der Waals surface area contributed by atoms with Crippen LogP contribution in [0.2, 0.25) is 0 Å². The van der Waals surface area contributed by atoms with Gasteiger partial charge in [-0.3, -0.25) is 0 Å². The van der Waals surface area contributed by atoms with Crippen molar-refractivity contribution < 1.29 is 4.52 Å². The number of nitrogens with zero attached hydrogens (tertiary/aromatic N) is 3. The third-order valence-corrected chi connectivity index (χ3v) is 5.53. The van der Waals surface area contributed by atoms with E-state index in [0.29, 0.717) is 18.1 Å². The second-order valence-corrected chi connectivity index (χ2v) is 7.42. The average molecular weight is 377 g/mol. The van der Waals surface area contributed by atoms with Gasteiger partial charge in [0.05, 0.1) is 17.7 Å². The lowest BCUT2D eigenvalue weighted by molar-refractivity contribution is 0.352. The van der Waals surface area contributed by atoms with Gasteiger partial charge in [-0.2, -0.15) is 4.98 Å². The molecule has 2 aromatic heterocycles. The average Bonchev–Trinajstić information content (AvgIpc) is 3.30. The van der Waals surface area contributed by atoms with Crippen LogP contribution in [0, 0.1) is 6.92 Å². The fraction of sp³-hybridized carbons (Fsp3) is 0.389. The smallest absolute Gasteiger partial charge is 0.232 e. The van der Waals surface area contributed by atoms with Crippen molar-refractivity contribution in [2.45, 2.75) is 44.6 Å². The minimum Gasteiger partial charge on any atom is -0.339 e. The van der Waals surface area contributed by atoms with Gasteiger partial charge in [-0.1, -0.05) is 47.8 Å². The second kappa shape index (κ2) is 7.23. The van der Waals surface area contributed by atoms with E-state index in [9.17, 15) is 0 Å². The van der Waals surface area contributed by atoms with Gasteiger partial charge in [0.2, 0.25) is 5.89 Å². The fourth-order valence-electron chi connectivity index (χ4n) is 3.13. The summed E-state index contributed by atoms with van der Waals surface area (Å²) in [5, 5.41) is 7.16. The molecule has 5 nitrogen and oxygen atoms in total. The van der Waals surface area contributed by atoms with Crippen LogP contribution in [0.1, 0.15) is 48.7 Å². The molecule has 0 radical (unpaired) electrons. The standard InChI is InChI=1S/C18H20N4OS.ClH/c1-12-4-6-13(7-5-12)16-20-14(11-24-16)10-15-21-17(22-23-15)18(19)8-2-3-9-18;/h4-7,11H,2-3,8-10,19H2,1H3;1H. The Hall–Kier alpha value is -1.76. The Morgan fingerprint density at radius 2 is 1.88 bits per heavy atom. The van der Waals surface area contributed by atoms with E-state index in [-0.39, 0.29) is 12.4 Å². The minimum atomic E-state index is -0.406. The summed E-state index contributed by atoms with van der Waals surface area (Å²) in [6, 6.07) is 8.40. The molecule has 0 saturated heterocycles. The number of halogens is 1. The van der Waals surface area contributed by atoms with Crippen LogP contribution in [0.4, 0.5) is 0 Å². The van der Waals surface area contributed by atoms with Crippen molar-refractivity contribution in [2.75, 3.05) is 0 Å². The van der Waals surface area contributed by atoms with Crippen LogP contribution in [0.25, 0.3) is 10.6 Å². The zero-order valence-corrected chi connectivity index (χ0v) is 15.7. The van der Waals surface area contributed by atoms with Gasteiger partial charge < -0.3 is 10.3 Å². The zero-order valence-electron chi connectivity index (χ0n) is 14.1. The van der Waals surface area contributed by atoms with E-state index >= 15 is 0 Å². The normalized spacial score (nSPS) is 15.9. The van der Waals surface area contributed by atoms with Crippen molar-refractivity contribution in [3.8, 4) is 10.6 Å². The summed E-state index contributed by atoms with van der Waals surface area (Å²) in [5.41, 5.74) is 9.30. The Labute approximate surface area is 157 Å². The van der Waals surface area contributed by atoms with Crippen LogP contribution in [0.3, 0.4) is 0 Å². The topological polar surface area (TPSA) is 77.8 Å². The summed E-state index contributed by atoms with van der Waals surface area (Å²) in [7, 11) is 0. The predicted octanol–water partition coefficient (Wildman–Crippen LogP) is 4.24. The number of aryl methyl sites for hydroxylation is 1. The minimum absolute atomic E-state index is 0. The van der Waals surface area contributed by atoms with Crippen molar-refractivity contribution in [1.82, 2.24) is 15.1 Å². The molecule has 0 aliphatic heterocycles. The number of thiazole rings is 1. The first kappa shape index (κ1) is 18.0. The number of aromatic nitrogens is 3. The maximum atomic E-state index is 6.38. The Balaban J connectivity index is 0.00000182. The molecule has 0 spiro atoms. The molecule has 1 saturated carbocycles. The van der Waals surface area contributed by atoms with Gasteiger partial charge in [-0.15, -0.1) is 23.7 Å². The summed E-state index contributed by atoms with van der Waals surface area (Å²) < 4.78 is 5.40. The van der Waals surface area contributed by atoms with Crippen LogP contribution >= 0.6 is 23.7 Å². The number of hydrogen-bond acceptors (Lipinski definition) is 6. The largest absolute Gasteiger partial charge is 0.339 e. The molecule has 1 aliphatic carbocycles. The van der Waals surface area contributed by atoms with Crippen LogP contribution in [0.15, 0.2) is 34.2 Å². The highest BCUT2D eigenvalue weighted by molar-refractivity contribution is 7.13. The molecule has 7 heteroatoms. The van der Waals surface area contributed by atoms with E-state index in [2.05, 4.69) is 46.3 Å². The van der Waals surface area contributed by atoms with Crippen LogP contribution < -0.4 is 5.73 Å². The van der Waals surface area contributed by atoms with Gasteiger partial charge in [0.1, 0.15) is 5.01 Å². The highest BCUT2D eigenvalue weighted by atomic mass is 35.5. The summed E-state index contributed by atoms with van der Waals surface area (Å²) in [4.78, 5) is 9.20. The van der Waals surface area contributed by atoms with E-state index in [1.165, 1.54) is 5.56 Å². The van der Waals surface area contributed by atoms with E-state index in [4.69, 9.17) is 10.3 Å². The van der Waals surface area contributed by atoms with Gasteiger partial charge in [0, 0.05) is 10.9 Å². The van der Waals surface area contributed by atoms with Gasteiger partial charge in [-0.25, -0.2) is 4.98 Å². The molecular formula is C18H21ClN4OS. The van der Waals surface area contributed by atoms with Crippen LogP contribution in [0.5, 0.6) is 0 Å². The monoisotopic (exact) mass is 376 g/mol. The molecule has 1 aliphatic rings. The number of benzene rings is 1. The van der Waals surface area contributed by atoms with Crippen molar-refractivity contribution in [3.63, 3.8) is 0 Å². The molecule has 0 unspecified atom stereocenters. The third-order valence-electron chi connectivity index (χ3n) is 4.59. The zero-order chi connectivity index (χ0) is 16.6. The first-order valence-corrected chi connectivity index (χ1v) is 9.14. The number of hydrogen-bond donors (Lipinski definition) is 1. The molecule has 1 fully saturated rings. The summed E-state index contributed by atoms with van der Waals surface area (Å²) >= 11 is 1.63. The molecule has 2 heterocycles. The maximum absolute atomic E-state index is 6.38. The fourth-order valence-corrected chi connectivity index (χ4v) is 3.96. The van der Waals surface area contributed by atoms with Crippen molar-refractivity contribution >= 4 is 23.7 Å². The Morgan fingerprint density at radius 1 is 1.16 bits per heavy atom. The predicted molar refractivity (Wildman–Crippen MR) is 101 cm³/mol. The quantitative estimate of drug-likeness (QED) is 0.736. The lowest BCUT2D eigenvalue weighted by Gasteiger charge is -2.17. The summed E-state index contributed by atoms with van der Waals surface area (Å²) in [6.07, 6.45) is 4.67. The summed E-state index contributed by atoms with van der Waals surface area (Å²) in [5.74, 6) is 1.23. The second-order valence-electron chi connectivity index (χ2n) is 6.56. The van der Waals surface area contributed by atoms with Crippen LogP contribution in [-0.4, -0.2) is 15.1 Å². The van der Waals surface area contributed by atoms with Gasteiger partial charge in [-0.05, 0) is 19.8 Å². The van der Waals surface area contributed by atoms with E-state index in [0.717, 1.165) is 41.9 Å². The molecule has 0 atom stereocenters. The summed E-state index contributed by atoms with van der Waals surface area (Å²) in [6.45, 7) is 2.08. The van der Waals surface area contributed by atoms with Crippen molar-refractivity contribution in [1.29, 1.82) is 0 Å². The Kier molecular flexibility index (Phi) is 5.22. The van der Waals surface area contributed by atoms with Crippen molar-refractivity contribution in [2.24, 2.45) is 5.73 Å². The molecule has 3 aromatic rings. The lowest BCUT2D eigenvalue weighted by Crippen LogP contribution is -2.34. The highest BCUT2D eigenvalue weighted by Crippen LogP contribution is 2.34. The molecule has 0 bridgehead atoms. The van der Waals surface area contributed by atoms with E-state index in [1.54, 1.807) is 11.3 Å². The molecule has 0 amide bonds. The SMILES string of the molecule is Cc1ccc(-c2nc(Cc3nc(C4(N)CCCC4)no3)cs2)cc1.Cl. The molecular weight excluding hydrogens is 356 g/mol.